The molecule has 4 rings (SSSR count). The number of nitrogens with zero attached hydrogens (tertiary/aromatic N) is 1. The average Bonchev–Trinajstić information content (AvgIpc) is 3.21. The van der Waals surface area contributed by atoms with Crippen LogP contribution in [0.25, 0.3) is 22.3 Å². The molecule has 2 heterocycles. The minimum absolute atomic E-state index is 0.217. The van der Waals surface area contributed by atoms with E-state index in [1.54, 1.807) is 13.2 Å². The summed E-state index contributed by atoms with van der Waals surface area (Å²) in [5, 5.41) is 0.847. The lowest BCUT2D eigenvalue weighted by atomic mass is 10.1. The first kappa shape index (κ1) is 18.4. The van der Waals surface area contributed by atoms with Gasteiger partial charge in [0.25, 0.3) is 5.92 Å². The maximum Gasteiger partial charge on any atom is 0.262 e. The van der Waals surface area contributed by atoms with Crippen molar-refractivity contribution in [2.45, 2.75) is 24.9 Å². The van der Waals surface area contributed by atoms with E-state index < -0.39 is 30.8 Å². The van der Waals surface area contributed by atoms with Crippen LogP contribution in [0.4, 0.5) is 8.78 Å². The van der Waals surface area contributed by atoms with Gasteiger partial charge in [-0.15, -0.1) is 0 Å². The van der Waals surface area contributed by atoms with Crippen LogP contribution in [0.1, 0.15) is 12.0 Å². The van der Waals surface area contributed by atoms with Gasteiger partial charge in [0.05, 0.1) is 25.3 Å². The number of alkyl halides is 2. The van der Waals surface area contributed by atoms with Gasteiger partial charge >= 0.3 is 0 Å². The second-order valence-corrected chi connectivity index (χ2v) is 7.07. The molecule has 1 fully saturated rings. The zero-order chi connectivity index (χ0) is 19.9. The molecule has 0 radical (unpaired) electrons. The van der Waals surface area contributed by atoms with Crippen molar-refractivity contribution in [1.29, 1.82) is 0 Å². The maximum absolute atomic E-state index is 13.7. The predicted octanol–water partition coefficient (Wildman–Crippen LogP) is 3.80. The molecule has 28 heavy (non-hydrogen) atoms. The summed E-state index contributed by atoms with van der Waals surface area (Å²) in [6.07, 6.45) is -0.533. The monoisotopic (exact) mass is 386 g/mol. The third-order valence-corrected chi connectivity index (χ3v) is 5.03. The summed E-state index contributed by atoms with van der Waals surface area (Å²) in [4.78, 5) is 13.0. The Bertz CT molecular complexity index is 1030. The molecule has 1 amide bonds. The van der Waals surface area contributed by atoms with Crippen LogP contribution in [-0.4, -0.2) is 36.4 Å². The van der Waals surface area contributed by atoms with E-state index in [0.717, 1.165) is 16.5 Å². The summed E-state index contributed by atoms with van der Waals surface area (Å²) in [6.45, 7) is -0.259. The molecule has 2 N–H and O–H groups in total. The van der Waals surface area contributed by atoms with E-state index in [2.05, 4.69) is 0 Å². The summed E-state index contributed by atoms with van der Waals surface area (Å²) in [6, 6.07) is 14.0. The second kappa shape index (κ2) is 6.91. The topological polar surface area (TPSA) is 68.7 Å². The Labute approximate surface area is 160 Å². The molecular weight excluding hydrogens is 366 g/mol. The number of halogens is 2. The van der Waals surface area contributed by atoms with Crippen LogP contribution in [0.15, 0.2) is 52.9 Å². The third kappa shape index (κ3) is 3.45. The van der Waals surface area contributed by atoms with Crippen molar-refractivity contribution in [3.63, 3.8) is 0 Å². The number of hydrogen-bond acceptors (Lipinski definition) is 4. The Hall–Kier alpha value is -2.93. The highest BCUT2D eigenvalue weighted by molar-refractivity contribution is 5.84. The highest BCUT2D eigenvalue weighted by Crippen LogP contribution is 2.36. The smallest absolute Gasteiger partial charge is 0.262 e. The Morgan fingerprint density at radius 2 is 2.07 bits per heavy atom. The number of ether oxygens (including phenoxy) is 1. The summed E-state index contributed by atoms with van der Waals surface area (Å²) in [5.74, 6) is -2.27. The Morgan fingerprint density at radius 3 is 2.82 bits per heavy atom. The lowest BCUT2D eigenvalue weighted by molar-refractivity contribution is -0.122. The van der Waals surface area contributed by atoms with Crippen molar-refractivity contribution in [2.24, 2.45) is 5.73 Å². The number of para-hydroxylation sites is 1. The Morgan fingerprint density at radius 1 is 1.29 bits per heavy atom. The largest absolute Gasteiger partial charge is 0.496 e. The number of benzene rings is 2. The normalized spacial score (nSPS) is 19.2. The lowest BCUT2D eigenvalue weighted by Crippen LogP contribution is -2.39. The standard InChI is InChI=1S/C21H20F2N2O3/c1-27-18-5-3-2-4-15(18)19-9-14-8-13(6-7-17(14)28-19)11-25-12-21(22,23)10-16(25)20(24)26/h2-9,16H,10-12H2,1H3,(H2,24,26). The molecule has 1 saturated heterocycles. The molecule has 2 aromatic carbocycles. The molecule has 1 aliphatic heterocycles. The van der Waals surface area contributed by atoms with Gasteiger partial charge < -0.3 is 14.9 Å². The van der Waals surface area contributed by atoms with Gasteiger partial charge in [0.2, 0.25) is 5.91 Å². The van der Waals surface area contributed by atoms with E-state index in [0.29, 0.717) is 17.1 Å². The van der Waals surface area contributed by atoms with E-state index in [9.17, 15) is 13.6 Å². The Balaban J connectivity index is 1.63. The minimum Gasteiger partial charge on any atom is -0.496 e. The fourth-order valence-electron chi connectivity index (χ4n) is 3.74. The summed E-state index contributed by atoms with van der Waals surface area (Å²) >= 11 is 0. The molecular formula is C21H20F2N2O3. The molecule has 0 saturated carbocycles. The fourth-order valence-corrected chi connectivity index (χ4v) is 3.74. The van der Waals surface area contributed by atoms with Crippen molar-refractivity contribution in [1.82, 2.24) is 4.90 Å². The van der Waals surface area contributed by atoms with Crippen LogP contribution in [0.2, 0.25) is 0 Å². The SMILES string of the molecule is COc1ccccc1-c1cc2cc(CN3CC(F)(F)CC3C(N)=O)ccc2o1. The van der Waals surface area contributed by atoms with Crippen LogP contribution in [-0.2, 0) is 11.3 Å². The van der Waals surface area contributed by atoms with E-state index in [-0.39, 0.29) is 6.54 Å². The van der Waals surface area contributed by atoms with E-state index in [1.807, 2.05) is 42.5 Å². The number of primary amides is 1. The number of carbonyl (C=O) groups excluding carboxylic acids is 1. The molecule has 1 aromatic heterocycles. The zero-order valence-corrected chi connectivity index (χ0v) is 15.3. The highest BCUT2D eigenvalue weighted by atomic mass is 19.3. The predicted molar refractivity (Wildman–Crippen MR) is 101 cm³/mol. The van der Waals surface area contributed by atoms with Gasteiger partial charge in [0.1, 0.15) is 17.1 Å². The van der Waals surface area contributed by atoms with Gasteiger partial charge in [-0.1, -0.05) is 18.2 Å². The maximum atomic E-state index is 13.7. The number of methoxy groups -OCH3 is 1. The van der Waals surface area contributed by atoms with Gasteiger partial charge in [-0.05, 0) is 35.9 Å². The van der Waals surface area contributed by atoms with E-state index in [4.69, 9.17) is 14.9 Å². The summed E-state index contributed by atoms with van der Waals surface area (Å²) in [5.41, 5.74) is 7.63. The van der Waals surface area contributed by atoms with Crippen LogP contribution in [0.5, 0.6) is 5.75 Å². The number of fused-ring (bicyclic) bond motifs is 1. The molecule has 0 spiro atoms. The van der Waals surface area contributed by atoms with Gasteiger partial charge in [-0.2, -0.15) is 0 Å². The molecule has 1 unspecified atom stereocenters. The number of rotatable bonds is 5. The van der Waals surface area contributed by atoms with Crippen LogP contribution < -0.4 is 10.5 Å². The van der Waals surface area contributed by atoms with Crippen molar-refractivity contribution >= 4 is 16.9 Å². The van der Waals surface area contributed by atoms with E-state index >= 15 is 0 Å². The first-order chi connectivity index (χ1) is 13.4. The van der Waals surface area contributed by atoms with E-state index in [1.165, 1.54) is 4.90 Å². The van der Waals surface area contributed by atoms with Crippen molar-refractivity contribution in [2.75, 3.05) is 13.7 Å². The number of hydrogen-bond donors (Lipinski definition) is 1. The van der Waals surface area contributed by atoms with Gasteiger partial charge in [-0.3, -0.25) is 9.69 Å². The first-order valence-corrected chi connectivity index (χ1v) is 8.93. The molecule has 1 aliphatic rings. The molecule has 0 bridgehead atoms. The zero-order valence-electron chi connectivity index (χ0n) is 15.3. The molecule has 146 valence electrons. The summed E-state index contributed by atoms with van der Waals surface area (Å²) < 4.78 is 38.8. The molecule has 1 atom stereocenters. The summed E-state index contributed by atoms with van der Waals surface area (Å²) in [7, 11) is 1.60. The third-order valence-electron chi connectivity index (χ3n) is 5.03. The lowest BCUT2D eigenvalue weighted by Gasteiger charge is -2.21. The molecule has 5 nitrogen and oxygen atoms in total. The molecule has 3 aromatic rings. The highest BCUT2D eigenvalue weighted by Gasteiger charge is 2.47. The number of nitrogens with two attached hydrogens (primary N) is 1. The van der Waals surface area contributed by atoms with Crippen molar-refractivity contribution < 1.29 is 22.7 Å². The second-order valence-electron chi connectivity index (χ2n) is 7.07. The van der Waals surface area contributed by atoms with Crippen LogP contribution >= 0.6 is 0 Å². The quantitative estimate of drug-likeness (QED) is 0.724. The number of likely N-dealkylation sites (tertiary alicyclic amines) is 1. The number of carbonyl (C=O) groups is 1. The average molecular weight is 386 g/mol. The molecule has 7 heteroatoms. The van der Waals surface area contributed by atoms with Crippen molar-refractivity contribution in [3.8, 4) is 17.1 Å². The van der Waals surface area contributed by atoms with Gasteiger partial charge in [0.15, 0.2) is 0 Å². The van der Waals surface area contributed by atoms with Gasteiger partial charge in [-0.25, -0.2) is 8.78 Å². The Kier molecular flexibility index (Phi) is 4.55. The van der Waals surface area contributed by atoms with Crippen LogP contribution in [0, 0.1) is 0 Å². The first-order valence-electron chi connectivity index (χ1n) is 8.93. The minimum atomic E-state index is -2.91. The van der Waals surface area contributed by atoms with Crippen molar-refractivity contribution in [3.05, 3.63) is 54.1 Å². The number of amides is 1. The van der Waals surface area contributed by atoms with Crippen LogP contribution in [0.3, 0.4) is 0 Å². The van der Waals surface area contributed by atoms with Gasteiger partial charge in [0, 0.05) is 18.4 Å². The number of furan rings is 1. The fraction of sp³-hybridized carbons (Fsp3) is 0.286. The molecule has 0 aliphatic carbocycles.